The Balaban J connectivity index is 0. The Morgan fingerprint density at radius 2 is 0.475 bits per heavy atom. The van der Waals surface area contributed by atoms with Crippen LogP contribution in [0.1, 0.15) is 83.1 Å². The zero-order valence-electron chi connectivity index (χ0n) is 26.9. The predicted octanol–water partition coefficient (Wildman–Crippen LogP) is 10.1. The summed E-state index contributed by atoms with van der Waals surface area (Å²) in [6.07, 6.45) is 11.0. The van der Waals surface area contributed by atoms with Crippen molar-refractivity contribution in [1.29, 1.82) is 0 Å². The Morgan fingerprint density at radius 3 is 0.575 bits per heavy atom. The number of rotatable bonds is 18. The molecule has 0 aliphatic carbocycles. The van der Waals surface area contributed by atoms with Crippen LogP contribution in [0.3, 0.4) is 0 Å². The van der Waals surface area contributed by atoms with Gasteiger partial charge in [-0.1, -0.05) is 69.9 Å². The molecule has 0 aromatic rings. The monoisotopic (exact) mass is 604 g/mol. The van der Waals surface area contributed by atoms with E-state index in [1.165, 1.54) is 0 Å². The number of hydrogen-bond acceptors (Lipinski definition) is 8. The zero-order chi connectivity index (χ0) is 31.2. The Kier molecular flexibility index (Phi) is 23.7. The third-order valence-electron chi connectivity index (χ3n) is 4.35. The predicted molar refractivity (Wildman–Crippen MR) is 168 cm³/mol. The summed E-state index contributed by atoms with van der Waals surface area (Å²) >= 11 is 0. The van der Waals surface area contributed by atoms with Gasteiger partial charge >= 0.3 is 15.6 Å². The van der Waals surface area contributed by atoms with Crippen LogP contribution in [0, 0.1) is 0 Å². The summed E-state index contributed by atoms with van der Waals surface area (Å²) < 4.78 is 56.5. The molecule has 0 bridgehead atoms. The average Bonchev–Trinajstić information content (AvgIpc) is 2.78. The van der Waals surface area contributed by atoms with Gasteiger partial charge in [-0.25, -0.2) is 9.13 Å². The Morgan fingerprint density at radius 1 is 0.350 bits per heavy atom. The minimum absolute atomic E-state index is 0.212. The summed E-state index contributed by atoms with van der Waals surface area (Å²) in [6.45, 7) is 24.6. The minimum atomic E-state index is -3.52. The SMILES string of the molecule is CC(C)=CCOP(=O)(OCC=C(C)C)OCC=C(C)C.CC(C)=CCOP(=O)(OCC=C(C)C)OCC=C(C)C. The minimum Gasteiger partial charge on any atom is -0.283 e. The fourth-order valence-corrected chi connectivity index (χ4v) is 3.98. The van der Waals surface area contributed by atoms with Gasteiger partial charge in [-0.2, -0.15) is 0 Å². The molecule has 0 N–H and O–H groups in total. The summed E-state index contributed by atoms with van der Waals surface area (Å²) in [5.41, 5.74) is 6.53. The van der Waals surface area contributed by atoms with Crippen molar-refractivity contribution < 1.29 is 36.3 Å². The van der Waals surface area contributed by atoms with Crippen molar-refractivity contribution in [3.8, 4) is 0 Å². The van der Waals surface area contributed by atoms with Gasteiger partial charge in [0.05, 0.1) is 39.6 Å². The van der Waals surface area contributed by atoms with Gasteiger partial charge in [0, 0.05) is 0 Å². The molecule has 0 atom stereocenters. The lowest BCUT2D eigenvalue weighted by Crippen LogP contribution is -2.02. The topological polar surface area (TPSA) is 89.5 Å². The van der Waals surface area contributed by atoms with Crippen LogP contribution in [0.4, 0.5) is 0 Å². The van der Waals surface area contributed by atoms with Crippen molar-refractivity contribution in [3.63, 3.8) is 0 Å². The lowest BCUT2D eigenvalue weighted by atomic mass is 10.3. The molecule has 0 unspecified atom stereocenters. The number of phosphoric acid groups is 2. The van der Waals surface area contributed by atoms with Crippen molar-refractivity contribution in [2.24, 2.45) is 0 Å². The molecule has 0 aliphatic heterocycles. The molecule has 8 nitrogen and oxygen atoms in total. The normalized spacial score (nSPS) is 10.9. The van der Waals surface area contributed by atoms with Crippen molar-refractivity contribution >= 4 is 15.6 Å². The van der Waals surface area contributed by atoms with Gasteiger partial charge in [-0.15, -0.1) is 0 Å². The average molecular weight is 605 g/mol. The first-order valence-corrected chi connectivity index (χ1v) is 16.3. The molecule has 232 valence electrons. The summed E-state index contributed by atoms with van der Waals surface area (Å²) in [7, 11) is -7.04. The van der Waals surface area contributed by atoms with Gasteiger partial charge in [0.25, 0.3) is 0 Å². The molecule has 0 aliphatic rings. The molecular formula is C30H54O8P2. The highest BCUT2D eigenvalue weighted by molar-refractivity contribution is 7.48. The van der Waals surface area contributed by atoms with Crippen LogP contribution < -0.4 is 0 Å². The molecule has 0 amide bonds. The Bertz CT molecular complexity index is 776. The number of allylic oxidation sites excluding steroid dienone is 6. The molecule has 40 heavy (non-hydrogen) atoms. The largest absolute Gasteiger partial charge is 0.475 e. The lowest BCUT2D eigenvalue weighted by molar-refractivity contribution is 0.139. The maximum absolute atomic E-state index is 12.4. The summed E-state index contributed by atoms with van der Waals surface area (Å²) in [4.78, 5) is 0. The van der Waals surface area contributed by atoms with E-state index in [4.69, 9.17) is 27.1 Å². The van der Waals surface area contributed by atoms with E-state index in [0.29, 0.717) is 0 Å². The van der Waals surface area contributed by atoms with Crippen LogP contribution in [-0.2, 0) is 36.3 Å². The third kappa shape index (κ3) is 28.2. The first-order chi connectivity index (χ1) is 18.5. The highest BCUT2D eigenvalue weighted by Gasteiger charge is 2.26. The summed E-state index contributed by atoms with van der Waals surface area (Å²) in [5, 5.41) is 0. The van der Waals surface area contributed by atoms with Gasteiger partial charge in [-0.3, -0.25) is 27.1 Å². The van der Waals surface area contributed by atoms with E-state index < -0.39 is 15.6 Å². The number of phosphoric ester groups is 2. The van der Waals surface area contributed by atoms with E-state index in [1.54, 1.807) is 0 Å². The number of hydrogen-bond donors (Lipinski definition) is 0. The zero-order valence-corrected chi connectivity index (χ0v) is 28.7. The van der Waals surface area contributed by atoms with Crippen molar-refractivity contribution in [1.82, 2.24) is 0 Å². The second-order valence-electron chi connectivity index (χ2n) is 10.4. The summed E-state index contributed by atoms with van der Waals surface area (Å²) in [5.74, 6) is 0. The van der Waals surface area contributed by atoms with Crippen LogP contribution in [0.5, 0.6) is 0 Å². The van der Waals surface area contributed by atoms with Crippen LogP contribution in [0.2, 0.25) is 0 Å². The maximum atomic E-state index is 12.4. The molecular weight excluding hydrogens is 550 g/mol. The second-order valence-corrected chi connectivity index (χ2v) is 13.7. The summed E-state index contributed by atoms with van der Waals surface area (Å²) in [6, 6.07) is 0. The van der Waals surface area contributed by atoms with Crippen LogP contribution in [-0.4, -0.2) is 39.6 Å². The van der Waals surface area contributed by atoms with Gasteiger partial charge in [0.15, 0.2) is 0 Å². The van der Waals surface area contributed by atoms with E-state index in [0.717, 1.165) is 33.4 Å². The van der Waals surface area contributed by atoms with Crippen molar-refractivity contribution in [2.75, 3.05) is 39.6 Å². The van der Waals surface area contributed by atoms with E-state index in [1.807, 2.05) is 120 Å². The smallest absolute Gasteiger partial charge is 0.283 e. The first kappa shape index (κ1) is 40.8. The van der Waals surface area contributed by atoms with E-state index in [-0.39, 0.29) is 39.6 Å². The van der Waals surface area contributed by atoms with E-state index in [9.17, 15) is 9.13 Å². The van der Waals surface area contributed by atoms with Crippen LogP contribution in [0.15, 0.2) is 69.9 Å². The highest BCUT2D eigenvalue weighted by atomic mass is 31.2. The molecule has 0 heterocycles. The molecule has 0 aromatic heterocycles. The van der Waals surface area contributed by atoms with Crippen molar-refractivity contribution in [3.05, 3.63) is 69.9 Å². The second kappa shape index (κ2) is 23.2. The third-order valence-corrected chi connectivity index (χ3v) is 7.14. The Labute approximate surface area is 244 Å². The van der Waals surface area contributed by atoms with Crippen molar-refractivity contribution in [2.45, 2.75) is 83.1 Å². The highest BCUT2D eigenvalue weighted by Crippen LogP contribution is 2.50. The molecule has 0 saturated carbocycles. The molecule has 0 rings (SSSR count). The van der Waals surface area contributed by atoms with Crippen LogP contribution in [0.25, 0.3) is 0 Å². The van der Waals surface area contributed by atoms with E-state index >= 15 is 0 Å². The molecule has 0 aromatic carbocycles. The molecule has 0 fully saturated rings. The quantitative estimate of drug-likeness (QED) is 0.113. The standard InChI is InChI=1S/2C15H27O4P/c2*1-13(2)7-10-17-20(16,18-11-8-14(3)4)19-12-9-15(5)6/h2*7-9H,10-12H2,1-6H3. The molecule has 10 heteroatoms. The fraction of sp³-hybridized carbons (Fsp3) is 0.600. The maximum Gasteiger partial charge on any atom is 0.475 e. The van der Waals surface area contributed by atoms with Crippen LogP contribution >= 0.6 is 15.6 Å². The first-order valence-electron chi connectivity index (χ1n) is 13.4. The Hall–Kier alpha value is -1.34. The fourth-order valence-electron chi connectivity index (χ4n) is 1.99. The molecule has 0 saturated heterocycles. The molecule has 0 radical (unpaired) electrons. The molecule has 0 spiro atoms. The van der Waals surface area contributed by atoms with Gasteiger partial charge in [0.2, 0.25) is 0 Å². The lowest BCUT2D eigenvalue weighted by Gasteiger charge is -2.16. The van der Waals surface area contributed by atoms with Gasteiger partial charge in [0.1, 0.15) is 0 Å². The van der Waals surface area contributed by atoms with Gasteiger partial charge < -0.3 is 0 Å². The van der Waals surface area contributed by atoms with E-state index in [2.05, 4.69) is 0 Å². The van der Waals surface area contributed by atoms with Gasteiger partial charge in [-0.05, 0) is 83.1 Å².